The van der Waals surface area contributed by atoms with Crippen LogP contribution in [0, 0.1) is 5.92 Å². The molecule has 3 nitrogen and oxygen atoms in total. The van der Waals surface area contributed by atoms with Crippen LogP contribution in [0.3, 0.4) is 0 Å². The Labute approximate surface area is 132 Å². The first-order chi connectivity index (χ1) is 10.0. The summed E-state index contributed by atoms with van der Waals surface area (Å²) in [5.74, 6) is -0.835. The van der Waals surface area contributed by atoms with Gasteiger partial charge in [0.25, 0.3) is 0 Å². The van der Waals surface area contributed by atoms with E-state index in [0.717, 1.165) is 50.2 Å². The molecule has 0 amide bonds. The van der Waals surface area contributed by atoms with Crippen LogP contribution >= 0.6 is 11.6 Å². The summed E-state index contributed by atoms with van der Waals surface area (Å²) in [6.07, 6.45) is 4.54. The third kappa shape index (κ3) is 7.49. The largest absolute Gasteiger partial charge is 0.481 e. The summed E-state index contributed by atoms with van der Waals surface area (Å²) >= 11 is 5.87. The Hall–Kier alpha value is -1.06. The molecule has 0 aliphatic rings. The summed E-state index contributed by atoms with van der Waals surface area (Å²) in [5, 5.41) is 9.95. The lowest BCUT2D eigenvalue weighted by molar-refractivity contribution is -0.142. The number of benzene rings is 1. The molecule has 0 spiro atoms. The molecule has 1 aromatic carbocycles. The number of carboxylic acids is 1. The molecule has 1 unspecified atom stereocenters. The quantitative estimate of drug-likeness (QED) is 0.694. The second kappa shape index (κ2) is 9.80. The highest BCUT2D eigenvalue weighted by atomic mass is 35.5. The highest BCUT2D eigenvalue weighted by Gasteiger charge is 2.16. The van der Waals surface area contributed by atoms with Crippen molar-refractivity contribution in [2.75, 3.05) is 13.6 Å². The molecule has 1 rings (SSSR count). The Morgan fingerprint density at radius 2 is 1.86 bits per heavy atom. The van der Waals surface area contributed by atoms with Gasteiger partial charge in [-0.25, -0.2) is 0 Å². The molecule has 1 atom stereocenters. The molecule has 1 N–H and O–H groups in total. The molecule has 118 valence electrons. The molecule has 0 aliphatic heterocycles. The first kappa shape index (κ1) is 18.0. The first-order valence-electron chi connectivity index (χ1n) is 7.68. The monoisotopic (exact) mass is 311 g/mol. The van der Waals surface area contributed by atoms with Crippen molar-refractivity contribution in [2.45, 2.75) is 45.6 Å². The predicted molar refractivity (Wildman–Crippen MR) is 87.7 cm³/mol. The van der Waals surface area contributed by atoms with Crippen LogP contribution in [0.25, 0.3) is 0 Å². The van der Waals surface area contributed by atoms with Gasteiger partial charge in [-0.1, -0.05) is 43.5 Å². The minimum Gasteiger partial charge on any atom is -0.481 e. The van der Waals surface area contributed by atoms with E-state index < -0.39 is 5.97 Å². The van der Waals surface area contributed by atoms with Crippen molar-refractivity contribution in [1.82, 2.24) is 4.90 Å². The molecule has 0 heterocycles. The topological polar surface area (TPSA) is 40.5 Å². The van der Waals surface area contributed by atoms with E-state index in [2.05, 4.69) is 18.9 Å². The van der Waals surface area contributed by atoms with Gasteiger partial charge in [0.1, 0.15) is 0 Å². The number of aliphatic carboxylic acids is 1. The van der Waals surface area contributed by atoms with Gasteiger partial charge in [0.15, 0.2) is 0 Å². The fraction of sp³-hybridized carbons (Fsp3) is 0.588. The van der Waals surface area contributed by atoms with E-state index in [9.17, 15) is 9.90 Å². The van der Waals surface area contributed by atoms with Crippen molar-refractivity contribution < 1.29 is 9.90 Å². The van der Waals surface area contributed by atoms with Gasteiger partial charge in [0.2, 0.25) is 0 Å². The highest BCUT2D eigenvalue weighted by molar-refractivity contribution is 6.30. The van der Waals surface area contributed by atoms with Crippen LogP contribution in [0.5, 0.6) is 0 Å². The van der Waals surface area contributed by atoms with Gasteiger partial charge in [-0.2, -0.15) is 0 Å². The Kier molecular flexibility index (Phi) is 8.40. The number of rotatable bonds is 10. The van der Waals surface area contributed by atoms with E-state index in [1.807, 2.05) is 24.3 Å². The maximum atomic E-state index is 11.2. The van der Waals surface area contributed by atoms with E-state index in [0.29, 0.717) is 0 Å². The molecule has 4 heteroatoms. The third-order valence-corrected chi connectivity index (χ3v) is 3.97. The molecule has 1 aromatic rings. The third-order valence-electron chi connectivity index (χ3n) is 3.71. The van der Waals surface area contributed by atoms with Crippen molar-refractivity contribution in [3.63, 3.8) is 0 Å². The van der Waals surface area contributed by atoms with Crippen LogP contribution < -0.4 is 0 Å². The minimum atomic E-state index is -0.649. The van der Waals surface area contributed by atoms with Crippen molar-refractivity contribution in [2.24, 2.45) is 5.92 Å². The molecule has 0 saturated carbocycles. The number of halogens is 1. The van der Waals surface area contributed by atoms with E-state index >= 15 is 0 Å². The maximum absolute atomic E-state index is 11.2. The molecule has 0 radical (unpaired) electrons. The lowest BCUT2D eigenvalue weighted by Gasteiger charge is -2.18. The fourth-order valence-corrected chi connectivity index (χ4v) is 2.56. The van der Waals surface area contributed by atoms with Crippen LogP contribution in [0.1, 0.15) is 44.6 Å². The highest BCUT2D eigenvalue weighted by Crippen LogP contribution is 2.16. The van der Waals surface area contributed by atoms with Gasteiger partial charge in [-0.05, 0) is 50.6 Å². The van der Waals surface area contributed by atoms with Gasteiger partial charge in [0, 0.05) is 11.6 Å². The number of hydrogen-bond donors (Lipinski definition) is 1. The van der Waals surface area contributed by atoms with Crippen LogP contribution in [0.15, 0.2) is 24.3 Å². The van der Waals surface area contributed by atoms with Crippen molar-refractivity contribution in [1.29, 1.82) is 0 Å². The first-order valence-corrected chi connectivity index (χ1v) is 8.06. The summed E-state index contributed by atoms with van der Waals surface area (Å²) in [5.41, 5.74) is 1.22. The summed E-state index contributed by atoms with van der Waals surface area (Å²) in [6.45, 7) is 3.88. The smallest absolute Gasteiger partial charge is 0.306 e. The number of carbonyl (C=O) groups is 1. The molecular weight excluding hydrogens is 286 g/mol. The second-order valence-corrected chi connectivity index (χ2v) is 6.12. The molecule has 0 aliphatic carbocycles. The van der Waals surface area contributed by atoms with Gasteiger partial charge in [-0.3, -0.25) is 4.79 Å². The van der Waals surface area contributed by atoms with Crippen LogP contribution in [0.4, 0.5) is 0 Å². The number of carboxylic acid groups (broad SMARTS) is 1. The van der Waals surface area contributed by atoms with Gasteiger partial charge >= 0.3 is 5.97 Å². The van der Waals surface area contributed by atoms with Crippen molar-refractivity contribution in [3.05, 3.63) is 34.9 Å². The molecule has 0 saturated heterocycles. The van der Waals surface area contributed by atoms with E-state index in [1.165, 1.54) is 5.56 Å². The van der Waals surface area contributed by atoms with E-state index in [4.69, 9.17) is 11.6 Å². The standard InChI is InChI=1S/C17H26ClNO2/c1-3-4-6-15(17(20)21)7-5-12-19(2)13-14-8-10-16(18)11-9-14/h8-11,15H,3-7,12-13H2,1-2H3,(H,20,21). The van der Waals surface area contributed by atoms with Gasteiger partial charge in [0.05, 0.1) is 5.92 Å². The molecule has 21 heavy (non-hydrogen) atoms. The van der Waals surface area contributed by atoms with E-state index in [-0.39, 0.29) is 5.92 Å². The average molecular weight is 312 g/mol. The minimum absolute atomic E-state index is 0.186. The van der Waals surface area contributed by atoms with Crippen molar-refractivity contribution in [3.8, 4) is 0 Å². The Morgan fingerprint density at radius 3 is 2.43 bits per heavy atom. The average Bonchev–Trinajstić information content (AvgIpc) is 2.44. The van der Waals surface area contributed by atoms with Gasteiger partial charge < -0.3 is 10.0 Å². The zero-order valence-corrected chi connectivity index (χ0v) is 13.8. The summed E-state index contributed by atoms with van der Waals surface area (Å²) in [7, 11) is 2.07. The van der Waals surface area contributed by atoms with Crippen LogP contribution in [0.2, 0.25) is 5.02 Å². The molecule has 0 aromatic heterocycles. The Morgan fingerprint density at radius 1 is 1.24 bits per heavy atom. The molecule has 0 bridgehead atoms. The van der Waals surface area contributed by atoms with E-state index in [1.54, 1.807) is 0 Å². The number of unbranched alkanes of at least 4 members (excludes halogenated alkanes) is 1. The fourth-order valence-electron chi connectivity index (χ4n) is 2.43. The zero-order valence-electron chi connectivity index (χ0n) is 13.0. The molecule has 0 fully saturated rings. The Bertz CT molecular complexity index is 419. The Balaban J connectivity index is 2.29. The number of nitrogens with zero attached hydrogens (tertiary/aromatic N) is 1. The van der Waals surface area contributed by atoms with Crippen molar-refractivity contribution >= 4 is 17.6 Å². The number of hydrogen-bond acceptors (Lipinski definition) is 2. The lowest BCUT2D eigenvalue weighted by Crippen LogP contribution is -2.21. The van der Waals surface area contributed by atoms with Crippen LogP contribution in [-0.4, -0.2) is 29.6 Å². The van der Waals surface area contributed by atoms with Gasteiger partial charge in [-0.15, -0.1) is 0 Å². The lowest BCUT2D eigenvalue weighted by atomic mass is 9.97. The predicted octanol–water partition coefficient (Wildman–Crippen LogP) is 4.44. The second-order valence-electron chi connectivity index (χ2n) is 5.68. The summed E-state index contributed by atoms with van der Waals surface area (Å²) in [4.78, 5) is 13.4. The maximum Gasteiger partial charge on any atom is 0.306 e. The summed E-state index contributed by atoms with van der Waals surface area (Å²) in [6, 6.07) is 7.85. The van der Waals surface area contributed by atoms with Crippen LogP contribution in [-0.2, 0) is 11.3 Å². The normalized spacial score (nSPS) is 12.6. The zero-order chi connectivity index (χ0) is 15.7. The SMILES string of the molecule is CCCCC(CCCN(C)Cc1ccc(Cl)cc1)C(=O)O. The molecular formula is C17H26ClNO2. The summed E-state index contributed by atoms with van der Waals surface area (Å²) < 4.78 is 0.